The number of benzene rings is 3. The second-order valence-electron chi connectivity index (χ2n) is 6.45. The van der Waals surface area contributed by atoms with E-state index < -0.39 is 0 Å². The fourth-order valence-electron chi connectivity index (χ4n) is 2.95. The van der Waals surface area contributed by atoms with Crippen molar-refractivity contribution in [3.8, 4) is 22.6 Å². The van der Waals surface area contributed by atoms with Crippen molar-refractivity contribution in [2.24, 2.45) is 0 Å². The number of nitrogens with one attached hydrogen (secondary N) is 1. The van der Waals surface area contributed by atoms with E-state index >= 15 is 0 Å². The largest absolute Gasteiger partial charge is 0.490 e. The highest BCUT2D eigenvalue weighted by Crippen LogP contribution is 2.26. The van der Waals surface area contributed by atoms with Crippen molar-refractivity contribution >= 4 is 5.91 Å². The van der Waals surface area contributed by atoms with Crippen LogP contribution >= 0.6 is 0 Å². The lowest BCUT2D eigenvalue weighted by Gasteiger charge is -2.16. The Morgan fingerprint density at radius 2 is 1.39 bits per heavy atom. The molecule has 0 aliphatic carbocycles. The zero-order valence-electron chi connectivity index (χ0n) is 16.2. The maximum absolute atomic E-state index is 12.3. The van der Waals surface area contributed by atoms with Crippen LogP contribution in [0.15, 0.2) is 78.9 Å². The maximum atomic E-state index is 12.3. The van der Waals surface area contributed by atoms with Gasteiger partial charge in [0.2, 0.25) is 0 Å². The third-order valence-corrected chi connectivity index (χ3v) is 4.40. The number of carbonyl (C=O) groups excluding carboxylic acids is 1. The average molecular weight is 375 g/mol. The minimum atomic E-state index is -0.175. The Hall–Kier alpha value is -3.27. The highest BCUT2D eigenvalue weighted by Gasteiger charge is 2.12. The lowest BCUT2D eigenvalue weighted by Crippen LogP contribution is -2.31. The van der Waals surface area contributed by atoms with Crippen LogP contribution < -0.4 is 14.8 Å². The number of rotatable bonds is 8. The van der Waals surface area contributed by atoms with Crippen molar-refractivity contribution in [1.82, 2.24) is 5.32 Å². The summed E-state index contributed by atoms with van der Waals surface area (Å²) in [4.78, 5) is 12.3. The molecule has 3 rings (SSSR count). The molecule has 1 amide bonds. The predicted molar refractivity (Wildman–Crippen MR) is 112 cm³/mol. The van der Waals surface area contributed by atoms with Crippen molar-refractivity contribution < 1.29 is 14.3 Å². The molecule has 144 valence electrons. The molecule has 1 N–H and O–H groups in total. The quantitative estimate of drug-likeness (QED) is 0.602. The lowest BCUT2D eigenvalue weighted by molar-refractivity contribution is -0.123. The van der Waals surface area contributed by atoms with Crippen LogP contribution in [0.2, 0.25) is 0 Å². The SMILES string of the molecule is CCOc1ccccc1OCC(=O)N[C@@H](C)c1ccc(-c2ccccc2)cc1. The molecule has 0 spiro atoms. The van der Waals surface area contributed by atoms with Gasteiger partial charge in [-0.05, 0) is 42.7 Å². The van der Waals surface area contributed by atoms with Crippen LogP contribution in [-0.4, -0.2) is 19.1 Å². The highest BCUT2D eigenvalue weighted by atomic mass is 16.5. The van der Waals surface area contributed by atoms with E-state index in [-0.39, 0.29) is 18.6 Å². The van der Waals surface area contributed by atoms with E-state index in [0.717, 1.165) is 11.1 Å². The molecule has 0 aromatic heterocycles. The molecule has 0 heterocycles. The summed E-state index contributed by atoms with van der Waals surface area (Å²) in [6.45, 7) is 4.36. The van der Waals surface area contributed by atoms with Gasteiger partial charge in [0.1, 0.15) is 0 Å². The zero-order chi connectivity index (χ0) is 19.8. The predicted octanol–water partition coefficient (Wildman–Crippen LogP) is 5.01. The van der Waals surface area contributed by atoms with E-state index in [1.54, 1.807) is 6.07 Å². The molecule has 0 radical (unpaired) electrons. The first kappa shape index (κ1) is 19.5. The molecular weight excluding hydrogens is 350 g/mol. The smallest absolute Gasteiger partial charge is 0.258 e. The molecule has 28 heavy (non-hydrogen) atoms. The minimum absolute atomic E-state index is 0.0590. The van der Waals surface area contributed by atoms with E-state index in [1.165, 1.54) is 5.56 Å². The molecule has 3 aromatic carbocycles. The van der Waals surface area contributed by atoms with Crippen LogP contribution in [0, 0.1) is 0 Å². The fourth-order valence-corrected chi connectivity index (χ4v) is 2.95. The van der Waals surface area contributed by atoms with Crippen LogP contribution in [0.5, 0.6) is 11.5 Å². The van der Waals surface area contributed by atoms with Gasteiger partial charge in [0.25, 0.3) is 5.91 Å². The average Bonchev–Trinajstić information content (AvgIpc) is 2.74. The van der Waals surface area contributed by atoms with Crippen LogP contribution in [0.3, 0.4) is 0 Å². The first-order valence-corrected chi connectivity index (χ1v) is 9.46. The molecule has 0 bridgehead atoms. The van der Waals surface area contributed by atoms with Gasteiger partial charge in [-0.3, -0.25) is 4.79 Å². The second-order valence-corrected chi connectivity index (χ2v) is 6.45. The molecule has 0 saturated heterocycles. The molecule has 3 aromatic rings. The van der Waals surface area contributed by atoms with Gasteiger partial charge < -0.3 is 14.8 Å². The molecule has 0 aliphatic rings. The Bertz CT molecular complexity index is 891. The molecular formula is C24H25NO3. The Morgan fingerprint density at radius 1 is 0.821 bits per heavy atom. The van der Waals surface area contributed by atoms with Gasteiger partial charge in [-0.1, -0.05) is 66.7 Å². The molecule has 0 unspecified atom stereocenters. The van der Waals surface area contributed by atoms with Crippen molar-refractivity contribution in [3.63, 3.8) is 0 Å². The van der Waals surface area contributed by atoms with E-state index in [0.29, 0.717) is 18.1 Å². The molecule has 1 atom stereocenters. The zero-order valence-corrected chi connectivity index (χ0v) is 16.2. The number of amides is 1. The van der Waals surface area contributed by atoms with E-state index in [2.05, 4.69) is 29.6 Å². The topological polar surface area (TPSA) is 47.6 Å². The molecule has 0 fully saturated rings. The standard InChI is InChI=1S/C24H25NO3/c1-3-27-22-11-7-8-12-23(22)28-17-24(26)25-18(2)19-13-15-21(16-14-19)20-9-5-4-6-10-20/h4-16,18H,3,17H2,1-2H3,(H,25,26)/t18-/m0/s1. The minimum Gasteiger partial charge on any atom is -0.490 e. The first-order chi connectivity index (χ1) is 13.7. The van der Waals surface area contributed by atoms with Gasteiger partial charge >= 0.3 is 0 Å². The van der Waals surface area contributed by atoms with Crippen molar-refractivity contribution in [1.29, 1.82) is 0 Å². The maximum Gasteiger partial charge on any atom is 0.258 e. The molecule has 0 saturated carbocycles. The van der Waals surface area contributed by atoms with E-state index in [1.807, 2.05) is 62.4 Å². The monoisotopic (exact) mass is 375 g/mol. The fraction of sp³-hybridized carbons (Fsp3) is 0.208. The summed E-state index contributed by atoms with van der Waals surface area (Å²) in [7, 11) is 0. The van der Waals surface area contributed by atoms with Crippen LogP contribution in [0.1, 0.15) is 25.5 Å². The number of hydrogen-bond donors (Lipinski definition) is 1. The Labute approximate surface area is 166 Å². The Kier molecular flexibility index (Phi) is 6.68. The van der Waals surface area contributed by atoms with Crippen LogP contribution in [-0.2, 0) is 4.79 Å². The van der Waals surface area contributed by atoms with Crippen molar-refractivity contribution in [2.45, 2.75) is 19.9 Å². The summed E-state index contributed by atoms with van der Waals surface area (Å²) in [5.41, 5.74) is 3.37. The number of carbonyl (C=O) groups is 1. The van der Waals surface area contributed by atoms with Crippen molar-refractivity contribution in [3.05, 3.63) is 84.4 Å². The number of hydrogen-bond acceptors (Lipinski definition) is 3. The van der Waals surface area contributed by atoms with Gasteiger partial charge in [0.15, 0.2) is 18.1 Å². The Morgan fingerprint density at radius 3 is 2.04 bits per heavy atom. The molecule has 0 aliphatic heterocycles. The number of para-hydroxylation sites is 2. The summed E-state index contributed by atoms with van der Waals surface area (Å²) in [5, 5.41) is 2.97. The molecule has 4 nitrogen and oxygen atoms in total. The van der Waals surface area contributed by atoms with Gasteiger partial charge in [0, 0.05) is 0 Å². The summed E-state index contributed by atoms with van der Waals surface area (Å²) in [5.74, 6) is 1.03. The normalized spacial score (nSPS) is 11.5. The lowest BCUT2D eigenvalue weighted by atomic mass is 10.0. The summed E-state index contributed by atoms with van der Waals surface area (Å²) >= 11 is 0. The van der Waals surface area contributed by atoms with Gasteiger partial charge in [-0.15, -0.1) is 0 Å². The third kappa shape index (κ3) is 5.13. The van der Waals surface area contributed by atoms with Crippen LogP contribution in [0.4, 0.5) is 0 Å². The van der Waals surface area contributed by atoms with Crippen LogP contribution in [0.25, 0.3) is 11.1 Å². The highest BCUT2D eigenvalue weighted by molar-refractivity contribution is 5.78. The summed E-state index contributed by atoms with van der Waals surface area (Å²) in [6, 6.07) is 25.7. The second kappa shape index (κ2) is 9.60. The van der Waals surface area contributed by atoms with Gasteiger partial charge in [-0.25, -0.2) is 0 Å². The number of ether oxygens (including phenoxy) is 2. The van der Waals surface area contributed by atoms with E-state index in [9.17, 15) is 4.79 Å². The van der Waals surface area contributed by atoms with E-state index in [4.69, 9.17) is 9.47 Å². The summed E-state index contributed by atoms with van der Waals surface area (Å²) in [6.07, 6.45) is 0. The van der Waals surface area contributed by atoms with Gasteiger partial charge in [-0.2, -0.15) is 0 Å². The Balaban J connectivity index is 1.56. The third-order valence-electron chi connectivity index (χ3n) is 4.40. The summed E-state index contributed by atoms with van der Waals surface area (Å²) < 4.78 is 11.1. The first-order valence-electron chi connectivity index (χ1n) is 9.46. The molecule has 4 heteroatoms. The van der Waals surface area contributed by atoms with Gasteiger partial charge in [0.05, 0.1) is 12.6 Å². The van der Waals surface area contributed by atoms with Crippen molar-refractivity contribution in [2.75, 3.05) is 13.2 Å².